The summed E-state index contributed by atoms with van der Waals surface area (Å²) in [4.78, 5) is 14.4. The molecule has 2 saturated heterocycles. The summed E-state index contributed by atoms with van der Waals surface area (Å²) in [6.07, 6.45) is 4.36. The standard InChI is InChI=1S/C17H19FN4O3/c1-23-15-7-14(20-11-21-15)22-6-4-17(10-22)8-12(9-24-17)25-16-13(18)3-2-5-19-16/h2-3,5,7,11-12H,4,6,8-10H2,1H3/t12-,17-/m0/s1. The molecule has 1 spiro atoms. The quantitative estimate of drug-likeness (QED) is 0.836. The van der Waals surface area contributed by atoms with Gasteiger partial charge in [0.1, 0.15) is 18.2 Å². The first-order valence-corrected chi connectivity index (χ1v) is 8.20. The van der Waals surface area contributed by atoms with Gasteiger partial charge in [0.05, 0.1) is 19.3 Å². The molecule has 2 fully saturated rings. The van der Waals surface area contributed by atoms with E-state index in [0.717, 1.165) is 18.8 Å². The summed E-state index contributed by atoms with van der Waals surface area (Å²) >= 11 is 0. The van der Waals surface area contributed by atoms with Gasteiger partial charge in [0, 0.05) is 31.8 Å². The molecule has 0 saturated carbocycles. The van der Waals surface area contributed by atoms with E-state index in [1.54, 1.807) is 13.2 Å². The SMILES string of the molecule is COc1cc(N2CC[C@]3(C[C@H](Oc4ncccc4F)CO3)C2)ncn1. The smallest absolute Gasteiger partial charge is 0.250 e. The highest BCUT2D eigenvalue weighted by molar-refractivity contribution is 5.43. The summed E-state index contributed by atoms with van der Waals surface area (Å²) < 4.78 is 30.6. The van der Waals surface area contributed by atoms with Crippen LogP contribution in [0.25, 0.3) is 0 Å². The van der Waals surface area contributed by atoms with Gasteiger partial charge in [-0.3, -0.25) is 0 Å². The lowest BCUT2D eigenvalue weighted by Gasteiger charge is -2.23. The molecule has 0 N–H and O–H groups in total. The van der Waals surface area contributed by atoms with E-state index in [0.29, 0.717) is 25.5 Å². The molecule has 4 heterocycles. The lowest BCUT2D eigenvalue weighted by Crippen LogP contribution is -2.33. The Bertz CT molecular complexity index is 762. The van der Waals surface area contributed by atoms with Gasteiger partial charge in [-0.2, -0.15) is 0 Å². The van der Waals surface area contributed by atoms with Gasteiger partial charge in [0.25, 0.3) is 5.88 Å². The second kappa shape index (κ2) is 6.44. The summed E-state index contributed by atoms with van der Waals surface area (Å²) in [5, 5.41) is 0. The molecule has 2 aliphatic rings. The first-order chi connectivity index (χ1) is 12.2. The van der Waals surface area contributed by atoms with Crippen molar-refractivity contribution >= 4 is 5.82 Å². The fourth-order valence-electron chi connectivity index (χ4n) is 3.43. The van der Waals surface area contributed by atoms with Crippen LogP contribution in [-0.4, -0.2) is 53.5 Å². The Balaban J connectivity index is 1.42. The van der Waals surface area contributed by atoms with Crippen molar-refractivity contribution in [2.75, 3.05) is 31.7 Å². The van der Waals surface area contributed by atoms with Gasteiger partial charge >= 0.3 is 0 Å². The molecule has 0 aromatic carbocycles. The Kier molecular flexibility index (Phi) is 4.12. The highest BCUT2D eigenvalue weighted by atomic mass is 19.1. The first-order valence-electron chi connectivity index (χ1n) is 8.20. The number of methoxy groups -OCH3 is 1. The van der Waals surface area contributed by atoms with E-state index in [2.05, 4.69) is 19.9 Å². The number of anilines is 1. The van der Waals surface area contributed by atoms with Crippen LogP contribution >= 0.6 is 0 Å². The molecule has 2 aromatic heterocycles. The van der Waals surface area contributed by atoms with E-state index in [4.69, 9.17) is 14.2 Å². The third-order valence-corrected chi connectivity index (χ3v) is 4.66. The van der Waals surface area contributed by atoms with Crippen LogP contribution in [0.1, 0.15) is 12.8 Å². The zero-order valence-corrected chi connectivity index (χ0v) is 13.9. The van der Waals surface area contributed by atoms with Gasteiger partial charge in [0.2, 0.25) is 5.88 Å². The third-order valence-electron chi connectivity index (χ3n) is 4.66. The van der Waals surface area contributed by atoms with E-state index in [9.17, 15) is 4.39 Å². The minimum atomic E-state index is -0.454. The van der Waals surface area contributed by atoms with Crippen molar-refractivity contribution in [3.63, 3.8) is 0 Å². The van der Waals surface area contributed by atoms with Crippen molar-refractivity contribution in [2.24, 2.45) is 0 Å². The molecule has 7 nitrogen and oxygen atoms in total. The molecule has 0 aliphatic carbocycles. The van der Waals surface area contributed by atoms with Gasteiger partial charge < -0.3 is 19.1 Å². The largest absolute Gasteiger partial charge is 0.481 e. The summed E-state index contributed by atoms with van der Waals surface area (Å²) in [6, 6.07) is 4.69. The fourth-order valence-corrected chi connectivity index (χ4v) is 3.43. The normalized spacial score (nSPS) is 25.5. The van der Waals surface area contributed by atoms with E-state index < -0.39 is 5.82 Å². The first kappa shape index (κ1) is 16.0. The predicted molar refractivity (Wildman–Crippen MR) is 87.3 cm³/mol. The van der Waals surface area contributed by atoms with Crippen LogP contribution in [0.2, 0.25) is 0 Å². The second-order valence-electron chi connectivity index (χ2n) is 6.32. The number of pyridine rings is 1. The Morgan fingerprint density at radius 1 is 1.36 bits per heavy atom. The number of rotatable bonds is 4. The summed E-state index contributed by atoms with van der Waals surface area (Å²) in [7, 11) is 1.58. The summed E-state index contributed by atoms with van der Waals surface area (Å²) in [5.41, 5.74) is -0.298. The van der Waals surface area contributed by atoms with Crippen molar-refractivity contribution in [1.29, 1.82) is 0 Å². The van der Waals surface area contributed by atoms with Crippen LogP contribution < -0.4 is 14.4 Å². The highest BCUT2D eigenvalue weighted by Crippen LogP contribution is 2.38. The van der Waals surface area contributed by atoms with Crippen LogP contribution in [0.5, 0.6) is 11.8 Å². The average molecular weight is 346 g/mol. The highest BCUT2D eigenvalue weighted by Gasteiger charge is 2.47. The van der Waals surface area contributed by atoms with Crippen molar-refractivity contribution < 1.29 is 18.6 Å². The predicted octanol–water partition coefficient (Wildman–Crippen LogP) is 1.84. The van der Waals surface area contributed by atoms with E-state index in [-0.39, 0.29) is 17.6 Å². The molecule has 2 aliphatic heterocycles. The zero-order chi connectivity index (χ0) is 17.3. The Labute approximate surface area is 144 Å². The number of halogens is 1. The average Bonchev–Trinajstić information content (AvgIpc) is 3.24. The number of aromatic nitrogens is 3. The molecular weight excluding hydrogens is 327 g/mol. The lowest BCUT2D eigenvalue weighted by atomic mass is 9.98. The molecule has 2 atom stereocenters. The van der Waals surface area contributed by atoms with E-state index in [1.807, 2.05) is 6.07 Å². The maximum atomic E-state index is 13.7. The van der Waals surface area contributed by atoms with E-state index in [1.165, 1.54) is 18.6 Å². The minimum Gasteiger partial charge on any atom is -0.481 e. The molecule has 0 radical (unpaired) electrons. The molecule has 0 bridgehead atoms. The monoisotopic (exact) mass is 346 g/mol. The Morgan fingerprint density at radius 2 is 2.28 bits per heavy atom. The maximum Gasteiger partial charge on any atom is 0.250 e. The van der Waals surface area contributed by atoms with Gasteiger partial charge in [-0.25, -0.2) is 19.3 Å². The van der Waals surface area contributed by atoms with Gasteiger partial charge in [-0.05, 0) is 18.6 Å². The van der Waals surface area contributed by atoms with Gasteiger partial charge in [-0.15, -0.1) is 0 Å². The minimum absolute atomic E-state index is 0.0311. The fraction of sp³-hybridized carbons (Fsp3) is 0.471. The van der Waals surface area contributed by atoms with Gasteiger partial charge in [0.15, 0.2) is 5.82 Å². The van der Waals surface area contributed by atoms with E-state index >= 15 is 0 Å². The summed E-state index contributed by atoms with van der Waals surface area (Å²) in [6.45, 7) is 1.96. The molecule has 0 unspecified atom stereocenters. The van der Waals surface area contributed by atoms with Crippen LogP contribution in [0, 0.1) is 5.82 Å². The summed E-state index contributed by atoms with van der Waals surface area (Å²) in [5.74, 6) is 0.922. The lowest BCUT2D eigenvalue weighted by molar-refractivity contribution is 0.0192. The molecule has 4 rings (SSSR count). The molecule has 8 heteroatoms. The number of nitrogens with zero attached hydrogens (tertiary/aromatic N) is 4. The van der Waals surface area contributed by atoms with Gasteiger partial charge in [-0.1, -0.05) is 0 Å². The third kappa shape index (κ3) is 3.21. The van der Waals surface area contributed by atoms with Crippen LogP contribution in [-0.2, 0) is 4.74 Å². The molecule has 132 valence electrons. The number of hydrogen-bond donors (Lipinski definition) is 0. The molecule has 2 aromatic rings. The number of ether oxygens (including phenoxy) is 3. The second-order valence-corrected chi connectivity index (χ2v) is 6.32. The number of hydrogen-bond acceptors (Lipinski definition) is 7. The zero-order valence-electron chi connectivity index (χ0n) is 13.9. The Morgan fingerprint density at radius 3 is 3.12 bits per heavy atom. The molecule has 25 heavy (non-hydrogen) atoms. The van der Waals surface area contributed by atoms with Crippen LogP contribution in [0.15, 0.2) is 30.7 Å². The molecular formula is C17H19FN4O3. The molecule has 0 amide bonds. The van der Waals surface area contributed by atoms with Crippen LogP contribution in [0.4, 0.5) is 10.2 Å². The Hall–Kier alpha value is -2.48. The van der Waals surface area contributed by atoms with Crippen LogP contribution in [0.3, 0.4) is 0 Å². The van der Waals surface area contributed by atoms with Crippen molar-refractivity contribution in [3.8, 4) is 11.8 Å². The van der Waals surface area contributed by atoms with Crippen molar-refractivity contribution in [2.45, 2.75) is 24.5 Å². The topological polar surface area (TPSA) is 69.6 Å². The van der Waals surface area contributed by atoms with Crippen molar-refractivity contribution in [1.82, 2.24) is 15.0 Å². The maximum absolute atomic E-state index is 13.7. The van der Waals surface area contributed by atoms with Crippen molar-refractivity contribution in [3.05, 3.63) is 36.5 Å².